The number of ether oxygens (including phenoxy) is 1. The summed E-state index contributed by atoms with van der Waals surface area (Å²) in [5, 5.41) is 12.5. The molecule has 0 aromatic heterocycles. The third-order valence-corrected chi connectivity index (χ3v) is 6.02. The van der Waals surface area contributed by atoms with Crippen LogP contribution < -0.4 is 15.0 Å². The van der Waals surface area contributed by atoms with Crippen molar-refractivity contribution in [3.8, 4) is 5.75 Å². The van der Waals surface area contributed by atoms with Crippen molar-refractivity contribution in [2.75, 3.05) is 30.4 Å². The van der Waals surface area contributed by atoms with Crippen LogP contribution in [0.2, 0.25) is 0 Å². The minimum atomic E-state index is -1.09. The van der Waals surface area contributed by atoms with Crippen LogP contribution in [0.25, 0.3) is 0 Å². The molecule has 32 heavy (non-hydrogen) atoms. The Labute approximate surface area is 187 Å². The van der Waals surface area contributed by atoms with E-state index in [1.165, 1.54) is 18.2 Å². The molecule has 1 aliphatic heterocycles. The second-order valence-electron chi connectivity index (χ2n) is 7.98. The van der Waals surface area contributed by atoms with Gasteiger partial charge in [-0.3, -0.25) is 4.79 Å². The van der Waals surface area contributed by atoms with Crippen molar-refractivity contribution in [2.24, 2.45) is 0 Å². The van der Waals surface area contributed by atoms with Gasteiger partial charge >= 0.3 is 5.97 Å². The third kappa shape index (κ3) is 4.30. The standard InChI is InChI=1S/C26H26N2O4/c1-17-7-3-4-8-20(17)18-13-14-28(16-18)19-11-12-23(22(15-19)26(30)31)27-25(29)21-9-5-6-10-24(21)32-2/h3-12,15,18H,13-14,16H2,1-2H3,(H,27,29)(H,30,31)/t18-/m1/s1. The highest BCUT2D eigenvalue weighted by Gasteiger charge is 2.26. The predicted molar refractivity (Wildman–Crippen MR) is 125 cm³/mol. The number of nitrogens with one attached hydrogen (secondary N) is 1. The zero-order chi connectivity index (χ0) is 22.7. The molecule has 1 atom stereocenters. The number of carbonyl (C=O) groups excluding carboxylic acids is 1. The molecule has 0 unspecified atom stereocenters. The molecule has 1 amide bonds. The van der Waals surface area contributed by atoms with Crippen LogP contribution in [0.5, 0.6) is 5.75 Å². The minimum Gasteiger partial charge on any atom is -0.496 e. The number of benzene rings is 3. The summed E-state index contributed by atoms with van der Waals surface area (Å²) < 4.78 is 5.24. The number of rotatable bonds is 6. The number of anilines is 2. The number of carboxylic acids is 1. The van der Waals surface area contributed by atoms with Crippen LogP contribution in [0.4, 0.5) is 11.4 Å². The van der Waals surface area contributed by atoms with E-state index in [0.717, 1.165) is 25.2 Å². The molecule has 1 heterocycles. The fourth-order valence-corrected chi connectivity index (χ4v) is 4.33. The number of carbonyl (C=O) groups is 2. The summed E-state index contributed by atoms with van der Waals surface area (Å²) in [6, 6.07) is 20.4. The monoisotopic (exact) mass is 430 g/mol. The summed E-state index contributed by atoms with van der Waals surface area (Å²) in [5.74, 6) is -0.664. The van der Waals surface area contributed by atoms with Crippen LogP contribution in [-0.4, -0.2) is 37.2 Å². The molecule has 0 spiro atoms. The first-order valence-corrected chi connectivity index (χ1v) is 10.6. The van der Waals surface area contributed by atoms with Gasteiger partial charge in [0.1, 0.15) is 5.75 Å². The van der Waals surface area contributed by atoms with Crippen molar-refractivity contribution in [2.45, 2.75) is 19.3 Å². The summed E-state index contributed by atoms with van der Waals surface area (Å²) in [7, 11) is 1.49. The SMILES string of the molecule is COc1ccccc1C(=O)Nc1ccc(N2CC[C@@H](c3ccccc3C)C2)cc1C(=O)O. The number of para-hydroxylation sites is 1. The molecule has 4 rings (SSSR count). The average Bonchev–Trinajstić information content (AvgIpc) is 3.29. The van der Waals surface area contributed by atoms with Gasteiger partial charge in [0.05, 0.1) is 23.9 Å². The van der Waals surface area contributed by atoms with Gasteiger partial charge in [-0.1, -0.05) is 36.4 Å². The van der Waals surface area contributed by atoms with Crippen LogP contribution in [0.3, 0.4) is 0 Å². The summed E-state index contributed by atoms with van der Waals surface area (Å²) in [6.45, 7) is 3.81. The van der Waals surface area contributed by atoms with Gasteiger partial charge in [-0.2, -0.15) is 0 Å². The Morgan fingerprint density at radius 1 is 1.03 bits per heavy atom. The van der Waals surface area contributed by atoms with Crippen molar-refractivity contribution >= 4 is 23.3 Å². The van der Waals surface area contributed by atoms with Gasteiger partial charge < -0.3 is 20.1 Å². The molecule has 0 saturated carbocycles. The topological polar surface area (TPSA) is 78.9 Å². The minimum absolute atomic E-state index is 0.0603. The van der Waals surface area contributed by atoms with E-state index in [4.69, 9.17) is 4.74 Å². The fraction of sp³-hybridized carbons (Fsp3) is 0.231. The lowest BCUT2D eigenvalue weighted by molar-refractivity contribution is 0.0698. The van der Waals surface area contributed by atoms with Gasteiger partial charge in [-0.25, -0.2) is 4.79 Å². The molecule has 164 valence electrons. The summed E-state index contributed by atoms with van der Waals surface area (Å²) in [4.78, 5) is 26.9. The largest absolute Gasteiger partial charge is 0.496 e. The van der Waals surface area contributed by atoms with E-state index in [-0.39, 0.29) is 11.3 Å². The van der Waals surface area contributed by atoms with Crippen molar-refractivity contribution in [3.05, 3.63) is 89.0 Å². The molecular formula is C26H26N2O4. The molecule has 3 aromatic rings. The van der Waals surface area contributed by atoms with Gasteiger partial charge in [0.15, 0.2) is 0 Å². The maximum absolute atomic E-state index is 12.7. The quantitative estimate of drug-likeness (QED) is 0.579. The van der Waals surface area contributed by atoms with Crippen molar-refractivity contribution in [3.63, 3.8) is 0 Å². The van der Waals surface area contributed by atoms with E-state index in [9.17, 15) is 14.7 Å². The second kappa shape index (κ2) is 9.14. The second-order valence-corrected chi connectivity index (χ2v) is 7.98. The Morgan fingerprint density at radius 3 is 2.53 bits per heavy atom. The van der Waals surface area contributed by atoms with Crippen LogP contribution in [-0.2, 0) is 0 Å². The van der Waals surface area contributed by atoms with Crippen LogP contribution in [0, 0.1) is 6.92 Å². The number of nitrogens with zero attached hydrogens (tertiary/aromatic N) is 1. The number of hydrogen-bond acceptors (Lipinski definition) is 4. The summed E-state index contributed by atoms with van der Waals surface area (Å²) in [5.41, 5.74) is 4.12. The van der Waals surface area contributed by atoms with Gasteiger partial charge in [0, 0.05) is 24.7 Å². The maximum atomic E-state index is 12.7. The van der Waals surface area contributed by atoms with E-state index >= 15 is 0 Å². The highest BCUT2D eigenvalue weighted by molar-refractivity contribution is 6.09. The molecule has 0 radical (unpaired) electrons. The predicted octanol–water partition coefficient (Wildman–Crippen LogP) is 4.95. The van der Waals surface area contributed by atoms with Gasteiger partial charge in [0.2, 0.25) is 0 Å². The average molecular weight is 431 g/mol. The molecule has 0 aliphatic carbocycles. The van der Waals surface area contributed by atoms with Crippen molar-refractivity contribution < 1.29 is 19.4 Å². The van der Waals surface area contributed by atoms with E-state index in [0.29, 0.717) is 17.2 Å². The number of carboxylic acid groups (broad SMARTS) is 1. The Bertz CT molecular complexity index is 1160. The van der Waals surface area contributed by atoms with Gasteiger partial charge in [-0.15, -0.1) is 0 Å². The Hall–Kier alpha value is -3.80. The number of hydrogen-bond donors (Lipinski definition) is 2. The van der Waals surface area contributed by atoms with Crippen LogP contribution >= 0.6 is 0 Å². The molecule has 6 heteroatoms. The number of aromatic carboxylic acids is 1. The lowest BCUT2D eigenvalue weighted by Gasteiger charge is -2.21. The lowest BCUT2D eigenvalue weighted by atomic mass is 9.94. The third-order valence-electron chi connectivity index (χ3n) is 6.02. The molecule has 1 fully saturated rings. The van der Waals surface area contributed by atoms with Gasteiger partial charge in [-0.05, 0) is 54.8 Å². The van der Waals surface area contributed by atoms with Crippen molar-refractivity contribution in [1.29, 1.82) is 0 Å². The highest BCUT2D eigenvalue weighted by atomic mass is 16.5. The molecule has 1 aliphatic rings. The fourth-order valence-electron chi connectivity index (χ4n) is 4.33. The number of amides is 1. The van der Waals surface area contributed by atoms with E-state index in [1.807, 2.05) is 12.1 Å². The lowest BCUT2D eigenvalue weighted by Crippen LogP contribution is -2.21. The molecule has 2 N–H and O–H groups in total. The summed E-state index contributed by atoms with van der Waals surface area (Å²) >= 11 is 0. The van der Waals surface area contributed by atoms with Crippen molar-refractivity contribution in [1.82, 2.24) is 0 Å². The summed E-state index contributed by atoms with van der Waals surface area (Å²) in [6.07, 6.45) is 1.01. The number of aryl methyl sites for hydroxylation is 1. The smallest absolute Gasteiger partial charge is 0.337 e. The first-order valence-electron chi connectivity index (χ1n) is 10.6. The van der Waals surface area contributed by atoms with E-state index in [2.05, 4.69) is 35.3 Å². The first-order chi connectivity index (χ1) is 15.5. The molecular weight excluding hydrogens is 404 g/mol. The maximum Gasteiger partial charge on any atom is 0.337 e. The zero-order valence-electron chi connectivity index (χ0n) is 18.2. The highest BCUT2D eigenvalue weighted by Crippen LogP contribution is 2.34. The Balaban J connectivity index is 1.55. The Kier molecular flexibility index (Phi) is 6.12. The molecule has 1 saturated heterocycles. The molecule has 3 aromatic carbocycles. The normalized spacial score (nSPS) is 15.4. The Morgan fingerprint density at radius 2 is 1.78 bits per heavy atom. The van der Waals surface area contributed by atoms with Gasteiger partial charge in [0.25, 0.3) is 5.91 Å². The number of methoxy groups -OCH3 is 1. The molecule has 0 bridgehead atoms. The van der Waals surface area contributed by atoms with Crippen LogP contribution in [0.15, 0.2) is 66.7 Å². The van der Waals surface area contributed by atoms with E-state index in [1.54, 1.807) is 36.4 Å². The molecule has 6 nitrogen and oxygen atoms in total. The van der Waals surface area contributed by atoms with Crippen LogP contribution in [0.1, 0.15) is 44.2 Å². The zero-order valence-corrected chi connectivity index (χ0v) is 18.2. The van der Waals surface area contributed by atoms with E-state index < -0.39 is 11.9 Å². The first kappa shape index (κ1) is 21.4.